The van der Waals surface area contributed by atoms with Crippen molar-refractivity contribution in [2.24, 2.45) is 0 Å². The summed E-state index contributed by atoms with van der Waals surface area (Å²) in [5, 5.41) is 15.4. The molecule has 0 saturated carbocycles. The first kappa shape index (κ1) is 18.5. The number of amides is 1. The summed E-state index contributed by atoms with van der Waals surface area (Å²) in [6, 6.07) is 13.0. The molecule has 1 atom stereocenters. The second kappa shape index (κ2) is 8.86. The molecule has 0 fully saturated rings. The molecule has 1 unspecified atom stereocenters. The van der Waals surface area contributed by atoms with Gasteiger partial charge in [0.2, 0.25) is 0 Å². The van der Waals surface area contributed by atoms with Gasteiger partial charge in [-0.2, -0.15) is 5.26 Å². The Morgan fingerprint density at radius 2 is 2.04 bits per heavy atom. The maximum Gasteiger partial charge on any atom is 0.263 e. The molecule has 2 aromatic rings. The number of benzene rings is 1. The van der Waals surface area contributed by atoms with Gasteiger partial charge in [0.1, 0.15) is 17.5 Å². The monoisotopic (exact) mass is 354 g/mol. The minimum Gasteiger partial charge on any atom is -0.345 e. The molecule has 1 aromatic carbocycles. The first-order chi connectivity index (χ1) is 12.0. The van der Waals surface area contributed by atoms with E-state index in [1.807, 2.05) is 37.3 Å². The number of rotatable bonds is 6. The fourth-order valence-corrected chi connectivity index (χ4v) is 2.27. The zero-order valence-electron chi connectivity index (χ0n) is 14.1. The van der Waals surface area contributed by atoms with E-state index in [-0.39, 0.29) is 11.6 Å². The van der Waals surface area contributed by atoms with Crippen molar-refractivity contribution in [1.29, 1.82) is 5.26 Å². The average Bonchev–Trinajstić information content (AvgIpc) is 2.63. The van der Waals surface area contributed by atoms with Gasteiger partial charge in [0.15, 0.2) is 0 Å². The fraction of sp³-hybridized carbons (Fsp3) is 0.211. The Morgan fingerprint density at radius 1 is 1.32 bits per heavy atom. The molecule has 128 valence electrons. The largest absolute Gasteiger partial charge is 0.345 e. The van der Waals surface area contributed by atoms with Crippen LogP contribution >= 0.6 is 11.6 Å². The Hall–Kier alpha value is -2.84. The molecule has 2 rings (SSSR count). The molecule has 0 bridgehead atoms. The van der Waals surface area contributed by atoms with Crippen molar-refractivity contribution < 1.29 is 4.79 Å². The van der Waals surface area contributed by atoms with E-state index < -0.39 is 5.91 Å². The van der Waals surface area contributed by atoms with Crippen LogP contribution in [0.2, 0.25) is 5.02 Å². The summed E-state index contributed by atoms with van der Waals surface area (Å²) in [4.78, 5) is 16.3. The van der Waals surface area contributed by atoms with Gasteiger partial charge in [0, 0.05) is 12.4 Å². The molecule has 25 heavy (non-hydrogen) atoms. The van der Waals surface area contributed by atoms with Crippen LogP contribution in [0.25, 0.3) is 0 Å². The van der Waals surface area contributed by atoms with Gasteiger partial charge >= 0.3 is 0 Å². The van der Waals surface area contributed by atoms with Crippen molar-refractivity contribution >= 4 is 23.3 Å². The van der Waals surface area contributed by atoms with Gasteiger partial charge in [0.05, 0.1) is 11.1 Å². The van der Waals surface area contributed by atoms with E-state index in [4.69, 9.17) is 11.6 Å². The molecule has 0 spiro atoms. The number of carbonyl (C=O) groups excluding carboxylic acids is 1. The third-order valence-corrected chi connectivity index (χ3v) is 3.92. The van der Waals surface area contributed by atoms with Gasteiger partial charge in [0.25, 0.3) is 5.91 Å². The molecule has 2 N–H and O–H groups in total. The van der Waals surface area contributed by atoms with Gasteiger partial charge in [-0.3, -0.25) is 4.79 Å². The average molecular weight is 355 g/mol. The lowest BCUT2D eigenvalue weighted by molar-refractivity contribution is -0.117. The third kappa shape index (κ3) is 5.33. The number of aromatic nitrogens is 1. The molecule has 6 heteroatoms. The van der Waals surface area contributed by atoms with Crippen LogP contribution in [0.3, 0.4) is 0 Å². The Bertz CT molecular complexity index is 792. The number of hydrogen-bond acceptors (Lipinski definition) is 4. The third-order valence-electron chi connectivity index (χ3n) is 3.69. The fourth-order valence-electron chi connectivity index (χ4n) is 2.16. The van der Waals surface area contributed by atoms with E-state index in [0.717, 1.165) is 12.0 Å². The Kier molecular flexibility index (Phi) is 6.55. The molecule has 0 saturated heterocycles. The maximum absolute atomic E-state index is 12.3. The number of pyridine rings is 1. The molecule has 1 amide bonds. The minimum atomic E-state index is -0.448. The predicted octanol–water partition coefficient (Wildman–Crippen LogP) is 3.99. The molecule has 1 heterocycles. The summed E-state index contributed by atoms with van der Waals surface area (Å²) >= 11 is 5.76. The summed E-state index contributed by atoms with van der Waals surface area (Å²) in [6.45, 7) is 3.97. The number of anilines is 1. The van der Waals surface area contributed by atoms with Crippen LogP contribution in [0.5, 0.6) is 0 Å². The van der Waals surface area contributed by atoms with Crippen LogP contribution in [-0.4, -0.2) is 10.9 Å². The molecule has 0 aliphatic carbocycles. The molecule has 0 radical (unpaired) electrons. The van der Waals surface area contributed by atoms with Crippen molar-refractivity contribution in [3.05, 3.63) is 70.5 Å². The van der Waals surface area contributed by atoms with Crippen LogP contribution in [-0.2, 0) is 11.2 Å². The number of nitrogens with one attached hydrogen (secondary N) is 2. The van der Waals surface area contributed by atoms with Crippen molar-refractivity contribution in [3.63, 3.8) is 0 Å². The van der Waals surface area contributed by atoms with E-state index in [2.05, 4.69) is 22.5 Å². The van der Waals surface area contributed by atoms with Crippen LogP contribution in [0.1, 0.15) is 31.0 Å². The van der Waals surface area contributed by atoms with Gasteiger partial charge in [-0.1, -0.05) is 42.8 Å². The van der Waals surface area contributed by atoms with E-state index >= 15 is 0 Å². The zero-order valence-corrected chi connectivity index (χ0v) is 14.8. The van der Waals surface area contributed by atoms with E-state index in [9.17, 15) is 10.1 Å². The highest BCUT2D eigenvalue weighted by molar-refractivity contribution is 6.30. The lowest BCUT2D eigenvalue weighted by Gasteiger charge is -2.14. The van der Waals surface area contributed by atoms with Crippen LogP contribution in [0.15, 0.2) is 54.4 Å². The first-order valence-corrected chi connectivity index (χ1v) is 8.29. The summed E-state index contributed by atoms with van der Waals surface area (Å²) in [5.41, 5.74) is 2.18. The van der Waals surface area contributed by atoms with Crippen molar-refractivity contribution in [2.45, 2.75) is 26.3 Å². The summed E-state index contributed by atoms with van der Waals surface area (Å²) in [6.07, 6.45) is 3.77. The summed E-state index contributed by atoms with van der Waals surface area (Å²) in [5.74, 6) is 0.0455. The Morgan fingerprint density at radius 3 is 2.60 bits per heavy atom. The number of halogens is 1. The van der Waals surface area contributed by atoms with Crippen molar-refractivity contribution in [2.75, 3.05) is 5.32 Å². The highest BCUT2D eigenvalue weighted by Gasteiger charge is 2.13. The number of nitriles is 1. The molecule has 0 aliphatic heterocycles. The Balaban J connectivity index is 2.01. The molecule has 5 nitrogen and oxygen atoms in total. The number of nitrogens with zero attached hydrogens (tertiary/aromatic N) is 2. The molecule has 0 aliphatic rings. The molecular formula is C19H19ClN4O. The normalized spacial score (nSPS) is 12.2. The second-order valence-electron chi connectivity index (χ2n) is 5.47. The van der Waals surface area contributed by atoms with Gasteiger partial charge in [-0.15, -0.1) is 0 Å². The lowest BCUT2D eigenvalue weighted by Crippen LogP contribution is -2.28. The number of hydrogen-bond donors (Lipinski definition) is 2. The maximum atomic E-state index is 12.3. The van der Waals surface area contributed by atoms with Gasteiger partial charge in [-0.25, -0.2) is 4.98 Å². The van der Waals surface area contributed by atoms with Crippen LogP contribution in [0, 0.1) is 11.3 Å². The highest BCUT2D eigenvalue weighted by Crippen LogP contribution is 2.15. The molecule has 1 aromatic heterocycles. The number of aryl methyl sites for hydroxylation is 1. The van der Waals surface area contributed by atoms with Crippen LogP contribution in [0.4, 0.5) is 5.82 Å². The minimum absolute atomic E-state index is 0.0335. The SMILES string of the molecule is CCc1ccc(C(C)NC(=O)/C(C#N)=C\Nc2ccc(Cl)cn2)cc1. The Labute approximate surface area is 152 Å². The second-order valence-corrected chi connectivity index (χ2v) is 5.90. The van der Waals surface area contributed by atoms with E-state index in [0.29, 0.717) is 10.8 Å². The smallest absolute Gasteiger partial charge is 0.263 e. The number of carbonyl (C=O) groups is 1. The quantitative estimate of drug-likeness (QED) is 0.607. The predicted molar refractivity (Wildman–Crippen MR) is 98.9 cm³/mol. The highest BCUT2D eigenvalue weighted by atomic mass is 35.5. The van der Waals surface area contributed by atoms with Crippen molar-refractivity contribution in [1.82, 2.24) is 10.3 Å². The van der Waals surface area contributed by atoms with Gasteiger partial charge in [-0.05, 0) is 36.6 Å². The topological polar surface area (TPSA) is 77.8 Å². The summed E-state index contributed by atoms with van der Waals surface area (Å²) in [7, 11) is 0. The standard InChI is InChI=1S/C19H19ClN4O/c1-3-14-4-6-15(7-5-14)13(2)24-19(25)16(10-21)11-22-18-9-8-17(20)12-23-18/h4-9,11-13H,3H2,1-2H3,(H,22,23)(H,24,25)/b16-11-. The van der Waals surface area contributed by atoms with Crippen molar-refractivity contribution in [3.8, 4) is 6.07 Å². The molecular weight excluding hydrogens is 336 g/mol. The first-order valence-electron chi connectivity index (χ1n) is 7.91. The van der Waals surface area contributed by atoms with Gasteiger partial charge < -0.3 is 10.6 Å². The summed E-state index contributed by atoms with van der Waals surface area (Å²) < 4.78 is 0. The van der Waals surface area contributed by atoms with E-state index in [1.54, 1.807) is 12.1 Å². The van der Waals surface area contributed by atoms with Crippen LogP contribution < -0.4 is 10.6 Å². The van der Waals surface area contributed by atoms with E-state index in [1.165, 1.54) is 18.0 Å². The zero-order chi connectivity index (χ0) is 18.2. The lowest BCUT2D eigenvalue weighted by atomic mass is 10.0.